The molecular formula is C14H25N. The molecule has 0 radical (unpaired) electrons. The van der Waals surface area contributed by atoms with Gasteiger partial charge in [-0.3, -0.25) is 0 Å². The van der Waals surface area contributed by atoms with Gasteiger partial charge in [-0.2, -0.15) is 0 Å². The molecule has 3 aliphatic rings. The van der Waals surface area contributed by atoms with E-state index in [4.69, 9.17) is 5.73 Å². The van der Waals surface area contributed by atoms with Crippen LogP contribution in [-0.4, -0.2) is 5.54 Å². The van der Waals surface area contributed by atoms with Gasteiger partial charge in [0.05, 0.1) is 0 Å². The van der Waals surface area contributed by atoms with Gasteiger partial charge in [0.1, 0.15) is 0 Å². The van der Waals surface area contributed by atoms with E-state index in [1.54, 1.807) is 0 Å². The predicted octanol–water partition coefficient (Wildman–Crippen LogP) is 3.33. The molecule has 0 heterocycles. The first kappa shape index (κ1) is 10.1. The zero-order chi connectivity index (χ0) is 10.5. The molecule has 3 aliphatic carbocycles. The average Bonchev–Trinajstić information content (AvgIpc) is 2.71. The summed E-state index contributed by atoms with van der Waals surface area (Å²) in [5.74, 6) is 3.73. The maximum Gasteiger partial charge on any atom is 0.0246 e. The fourth-order valence-corrected chi connectivity index (χ4v) is 4.77. The number of fused-ring (bicyclic) bond motifs is 1. The van der Waals surface area contributed by atoms with E-state index in [1.165, 1.54) is 51.4 Å². The Bertz CT molecular complexity index is 238. The van der Waals surface area contributed by atoms with Gasteiger partial charge < -0.3 is 5.73 Å². The van der Waals surface area contributed by atoms with E-state index in [1.807, 2.05) is 0 Å². The first-order chi connectivity index (χ1) is 7.26. The summed E-state index contributed by atoms with van der Waals surface area (Å²) in [6, 6.07) is 0. The number of hydrogen-bond acceptors (Lipinski definition) is 1. The lowest BCUT2D eigenvalue weighted by Crippen LogP contribution is -2.40. The van der Waals surface area contributed by atoms with Gasteiger partial charge in [0, 0.05) is 5.54 Å². The summed E-state index contributed by atoms with van der Waals surface area (Å²) in [7, 11) is 0. The second-order valence-electron chi connectivity index (χ2n) is 6.28. The molecule has 3 saturated carbocycles. The number of nitrogens with two attached hydrogens (primary N) is 1. The Morgan fingerprint density at radius 2 is 1.73 bits per heavy atom. The van der Waals surface area contributed by atoms with Gasteiger partial charge in [-0.05, 0) is 49.4 Å². The van der Waals surface area contributed by atoms with Crippen molar-refractivity contribution in [2.45, 2.75) is 63.8 Å². The van der Waals surface area contributed by atoms with E-state index in [0.29, 0.717) is 5.54 Å². The molecule has 1 heteroatoms. The summed E-state index contributed by atoms with van der Waals surface area (Å²) >= 11 is 0. The van der Waals surface area contributed by atoms with Crippen LogP contribution in [0.2, 0.25) is 0 Å². The Hall–Kier alpha value is -0.0400. The van der Waals surface area contributed by atoms with Crippen LogP contribution in [0.4, 0.5) is 0 Å². The van der Waals surface area contributed by atoms with Crippen LogP contribution in [0, 0.1) is 23.7 Å². The molecule has 3 rings (SSSR count). The fraction of sp³-hybridized carbons (Fsp3) is 1.00. The van der Waals surface area contributed by atoms with E-state index >= 15 is 0 Å². The highest BCUT2D eigenvalue weighted by Gasteiger charge is 2.66. The van der Waals surface area contributed by atoms with Gasteiger partial charge in [0.2, 0.25) is 0 Å². The third-order valence-corrected chi connectivity index (χ3v) is 5.76. The van der Waals surface area contributed by atoms with Crippen molar-refractivity contribution < 1.29 is 0 Å². The Labute approximate surface area is 93.8 Å². The lowest BCUT2D eigenvalue weighted by Gasteiger charge is -2.34. The topological polar surface area (TPSA) is 26.0 Å². The molecule has 3 fully saturated rings. The van der Waals surface area contributed by atoms with E-state index in [9.17, 15) is 0 Å². The van der Waals surface area contributed by atoms with Crippen molar-refractivity contribution in [2.75, 3.05) is 0 Å². The quantitative estimate of drug-likeness (QED) is 0.738. The zero-order valence-corrected chi connectivity index (χ0v) is 10.0. The molecular weight excluding hydrogens is 182 g/mol. The standard InChI is InChI=1S/C14H25N/c1-2-10-5-3-6-11(9-10)14(15)12-7-4-8-13(12)14/h10-13H,2-9,15H2,1H3. The Morgan fingerprint density at radius 1 is 1.07 bits per heavy atom. The summed E-state index contributed by atoms with van der Waals surface area (Å²) in [6.45, 7) is 2.35. The number of hydrogen-bond donors (Lipinski definition) is 1. The molecule has 0 saturated heterocycles. The Morgan fingerprint density at radius 3 is 2.40 bits per heavy atom. The van der Waals surface area contributed by atoms with Crippen LogP contribution in [0.25, 0.3) is 0 Å². The van der Waals surface area contributed by atoms with E-state index in [0.717, 1.165) is 23.7 Å². The summed E-state index contributed by atoms with van der Waals surface area (Å²) in [5, 5.41) is 0. The zero-order valence-electron chi connectivity index (χ0n) is 10.0. The van der Waals surface area contributed by atoms with Gasteiger partial charge in [-0.1, -0.05) is 32.6 Å². The van der Waals surface area contributed by atoms with Crippen molar-refractivity contribution in [1.82, 2.24) is 0 Å². The molecule has 1 nitrogen and oxygen atoms in total. The molecule has 86 valence electrons. The summed E-state index contributed by atoms with van der Waals surface area (Å²) in [4.78, 5) is 0. The van der Waals surface area contributed by atoms with Crippen LogP contribution in [0.5, 0.6) is 0 Å². The summed E-state index contributed by atoms with van der Waals surface area (Å²) in [5.41, 5.74) is 7.00. The van der Waals surface area contributed by atoms with Crippen molar-refractivity contribution in [2.24, 2.45) is 29.4 Å². The third-order valence-electron chi connectivity index (χ3n) is 5.76. The third kappa shape index (κ3) is 1.39. The van der Waals surface area contributed by atoms with Crippen molar-refractivity contribution in [3.05, 3.63) is 0 Å². The molecule has 15 heavy (non-hydrogen) atoms. The van der Waals surface area contributed by atoms with E-state index in [2.05, 4.69) is 6.92 Å². The smallest absolute Gasteiger partial charge is 0.0246 e. The fourth-order valence-electron chi connectivity index (χ4n) is 4.77. The summed E-state index contributed by atoms with van der Waals surface area (Å²) < 4.78 is 0. The highest BCUT2D eigenvalue weighted by molar-refractivity contribution is 5.21. The first-order valence-electron chi connectivity index (χ1n) is 7.05. The highest BCUT2D eigenvalue weighted by atomic mass is 14.9. The van der Waals surface area contributed by atoms with Crippen molar-refractivity contribution in [3.63, 3.8) is 0 Å². The van der Waals surface area contributed by atoms with Gasteiger partial charge in [0.25, 0.3) is 0 Å². The molecule has 0 aliphatic heterocycles. The molecule has 2 N–H and O–H groups in total. The minimum absolute atomic E-state index is 0.312. The Balaban J connectivity index is 1.67. The predicted molar refractivity (Wildman–Crippen MR) is 63.5 cm³/mol. The lowest BCUT2D eigenvalue weighted by molar-refractivity contribution is 0.197. The maximum absolute atomic E-state index is 6.69. The highest BCUT2D eigenvalue weighted by Crippen LogP contribution is 2.64. The van der Waals surface area contributed by atoms with E-state index in [-0.39, 0.29) is 0 Å². The van der Waals surface area contributed by atoms with Gasteiger partial charge >= 0.3 is 0 Å². The minimum atomic E-state index is 0.312. The molecule has 0 spiro atoms. The van der Waals surface area contributed by atoms with Crippen molar-refractivity contribution >= 4 is 0 Å². The first-order valence-corrected chi connectivity index (χ1v) is 7.05. The molecule has 4 atom stereocenters. The van der Waals surface area contributed by atoms with Gasteiger partial charge in [-0.25, -0.2) is 0 Å². The van der Waals surface area contributed by atoms with Gasteiger partial charge in [0.15, 0.2) is 0 Å². The summed E-state index contributed by atoms with van der Waals surface area (Å²) in [6.07, 6.45) is 11.5. The van der Waals surface area contributed by atoms with Crippen LogP contribution in [0.15, 0.2) is 0 Å². The Kier molecular flexibility index (Phi) is 2.35. The van der Waals surface area contributed by atoms with Crippen LogP contribution in [-0.2, 0) is 0 Å². The normalized spacial score (nSPS) is 54.0. The molecule has 0 amide bonds. The SMILES string of the molecule is CCC1CCCC(C2(N)C3CCCC32)C1. The molecule has 4 unspecified atom stereocenters. The van der Waals surface area contributed by atoms with Crippen LogP contribution >= 0.6 is 0 Å². The van der Waals surface area contributed by atoms with Crippen molar-refractivity contribution in [1.29, 1.82) is 0 Å². The second-order valence-corrected chi connectivity index (χ2v) is 6.28. The molecule has 0 aromatic heterocycles. The average molecular weight is 207 g/mol. The molecule has 0 aromatic carbocycles. The molecule has 0 bridgehead atoms. The minimum Gasteiger partial charge on any atom is -0.324 e. The molecule has 0 aromatic rings. The van der Waals surface area contributed by atoms with Crippen molar-refractivity contribution in [3.8, 4) is 0 Å². The van der Waals surface area contributed by atoms with Crippen LogP contribution < -0.4 is 5.73 Å². The monoisotopic (exact) mass is 207 g/mol. The number of rotatable bonds is 2. The largest absolute Gasteiger partial charge is 0.324 e. The van der Waals surface area contributed by atoms with Crippen LogP contribution in [0.3, 0.4) is 0 Å². The second kappa shape index (κ2) is 3.48. The maximum atomic E-state index is 6.69. The lowest BCUT2D eigenvalue weighted by atomic mass is 9.74. The van der Waals surface area contributed by atoms with E-state index < -0.39 is 0 Å². The van der Waals surface area contributed by atoms with Crippen LogP contribution in [0.1, 0.15) is 58.3 Å². The van der Waals surface area contributed by atoms with Gasteiger partial charge in [-0.15, -0.1) is 0 Å².